The summed E-state index contributed by atoms with van der Waals surface area (Å²) in [7, 11) is 3.24. The lowest BCUT2D eigenvalue weighted by Crippen LogP contribution is -2.48. The summed E-state index contributed by atoms with van der Waals surface area (Å²) in [6.45, 7) is 0.806. The second-order valence-corrected chi connectivity index (χ2v) is 6.59. The Bertz CT molecular complexity index is 686. The van der Waals surface area contributed by atoms with Crippen molar-refractivity contribution in [2.24, 2.45) is 0 Å². The number of hydrogen-bond acceptors (Lipinski definition) is 6. The van der Waals surface area contributed by atoms with Crippen LogP contribution in [0.25, 0.3) is 5.76 Å². The molecule has 130 valence electrons. The molecule has 0 spiro atoms. The van der Waals surface area contributed by atoms with Crippen molar-refractivity contribution in [3.8, 4) is 11.5 Å². The first-order valence-electron chi connectivity index (χ1n) is 8.38. The maximum absolute atomic E-state index is 10.6. The molecule has 0 radical (unpaired) electrons. The standard InChI is InChI=1S/C18H23NO5/c1-22-13-7-9-5-6-19-16-14(9)15(18(13)23-2)12-4-3-10(20)8-11(21)17(16)24-12/h4,7,10-11,16-17,19-21H,3,5-6,8H2,1-2H3/b12-4-/t10-,11-,16-,17-/m1/s1. The van der Waals surface area contributed by atoms with Gasteiger partial charge < -0.3 is 29.7 Å². The predicted molar refractivity (Wildman–Crippen MR) is 88.1 cm³/mol. The minimum absolute atomic E-state index is 0.124. The van der Waals surface area contributed by atoms with Gasteiger partial charge in [-0.1, -0.05) is 0 Å². The molecule has 0 unspecified atom stereocenters. The van der Waals surface area contributed by atoms with Crippen molar-refractivity contribution in [2.75, 3.05) is 20.8 Å². The van der Waals surface area contributed by atoms with Gasteiger partial charge in [0.15, 0.2) is 11.5 Å². The van der Waals surface area contributed by atoms with E-state index in [2.05, 4.69) is 5.32 Å². The molecule has 3 heterocycles. The number of ether oxygens (including phenoxy) is 3. The number of rotatable bonds is 2. The molecular weight excluding hydrogens is 310 g/mol. The van der Waals surface area contributed by atoms with Gasteiger partial charge in [0.25, 0.3) is 0 Å². The van der Waals surface area contributed by atoms with Crippen LogP contribution >= 0.6 is 0 Å². The molecule has 0 aliphatic carbocycles. The molecule has 3 aliphatic heterocycles. The van der Waals surface area contributed by atoms with Gasteiger partial charge in [0.2, 0.25) is 0 Å². The first-order chi connectivity index (χ1) is 11.6. The van der Waals surface area contributed by atoms with E-state index in [1.807, 2.05) is 12.1 Å². The van der Waals surface area contributed by atoms with Crippen molar-refractivity contribution in [1.29, 1.82) is 0 Å². The average molecular weight is 333 g/mol. The SMILES string of the molecule is COc1cc2c3c(c1OC)/C1=C/C[C@@H](O)C[C@@H](O)[C@@H](O1)[C@@H]3NCC2. The normalized spacial score (nSPS) is 33.2. The van der Waals surface area contributed by atoms with E-state index in [-0.39, 0.29) is 6.04 Å². The van der Waals surface area contributed by atoms with Crippen LogP contribution in [-0.4, -0.2) is 49.3 Å². The summed E-state index contributed by atoms with van der Waals surface area (Å²) in [6, 6.07) is 1.90. The van der Waals surface area contributed by atoms with Crippen LogP contribution in [0.1, 0.15) is 35.6 Å². The first-order valence-corrected chi connectivity index (χ1v) is 8.38. The Kier molecular flexibility index (Phi) is 3.90. The number of fused-ring (bicyclic) bond motifs is 4. The third kappa shape index (κ3) is 2.29. The molecule has 4 atom stereocenters. The Morgan fingerprint density at radius 3 is 2.83 bits per heavy atom. The van der Waals surface area contributed by atoms with Crippen molar-refractivity contribution in [2.45, 2.75) is 43.6 Å². The monoisotopic (exact) mass is 333 g/mol. The largest absolute Gasteiger partial charge is 0.493 e. The van der Waals surface area contributed by atoms with Gasteiger partial charge in [0.05, 0.1) is 38.0 Å². The van der Waals surface area contributed by atoms with Crippen LogP contribution in [-0.2, 0) is 11.2 Å². The molecule has 3 N–H and O–H groups in total. The third-order valence-corrected chi connectivity index (χ3v) is 5.17. The van der Waals surface area contributed by atoms with Gasteiger partial charge in [0, 0.05) is 6.42 Å². The lowest BCUT2D eigenvalue weighted by Gasteiger charge is -2.43. The summed E-state index contributed by atoms with van der Waals surface area (Å²) in [4.78, 5) is 0. The summed E-state index contributed by atoms with van der Waals surface area (Å²) in [5, 5.41) is 24.1. The quantitative estimate of drug-likeness (QED) is 0.753. The summed E-state index contributed by atoms with van der Waals surface area (Å²) >= 11 is 0. The fourth-order valence-electron chi connectivity index (χ4n) is 4.09. The molecule has 2 bridgehead atoms. The number of methoxy groups -OCH3 is 2. The first kappa shape index (κ1) is 15.7. The summed E-state index contributed by atoms with van der Waals surface area (Å²) in [5.74, 6) is 1.97. The van der Waals surface area contributed by atoms with Crippen LogP contribution in [0.15, 0.2) is 12.1 Å². The molecular formula is C18H23NO5. The van der Waals surface area contributed by atoms with Crippen LogP contribution in [0.3, 0.4) is 0 Å². The molecule has 24 heavy (non-hydrogen) atoms. The second-order valence-electron chi connectivity index (χ2n) is 6.59. The topological polar surface area (TPSA) is 80.2 Å². The van der Waals surface area contributed by atoms with Crippen LogP contribution in [0, 0.1) is 0 Å². The lowest BCUT2D eigenvalue weighted by molar-refractivity contribution is -0.0393. The van der Waals surface area contributed by atoms with Crippen molar-refractivity contribution in [3.63, 3.8) is 0 Å². The maximum atomic E-state index is 10.6. The zero-order valence-electron chi connectivity index (χ0n) is 13.9. The Labute approximate surface area is 141 Å². The Hall–Kier alpha value is -1.76. The molecule has 0 saturated carbocycles. The molecule has 0 aromatic heterocycles. The third-order valence-electron chi connectivity index (χ3n) is 5.17. The lowest BCUT2D eigenvalue weighted by atomic mass is 9.80. The highest BCUT2D eigenvalue weighted by atomic mass is 16.5. The highest BCUT2D eigenvalue weighted by Crippen LogP contribution is 2.50. The molecule has 0 fully saturated rings. The van der Waals surface area contributed by atoms with Crippen molar-refractivity contribution >= 4 is 5.76 Å². The molecule has 1 aromatic carbocycles. The van der Waals surface area contributed by atoms with E-state index in [1.165, 1.54) is 5.56 Å². The zero-order chi connectivity index (χ0) is 16.8. The van der Waals surface area contributed by atoms with Gasteiger partial charge in [-0.05, 0) is 42.7 Å². The van der Waals surface area contributed by atoms with Crippen molar-refractivity contribution < 1.29 is 24.4 Å². The van der Waals surface area contributed by atoms with Gasteiger partial charge in [-0.3, -0.25) is 0 Å². The maximum Gasteiger partial charge on any atom is 0.172 e. The Balaban J connectivity index is 1.98. The molecule has 0 saturated heterocycles. The van der Waals surface area contributed by atoms with Crippen molar-refractivity contribution in [3.05, 3.63) is 28.8 Å². The summed E-state index contributed by atoms with van der Waals surface area (Å²) in [6.07, 6.45) is 1.80. The van der Waals surface area contributed by atoms with Gasteiger partial charge >= 0.3 is 0 Å². The smallest absolute Gasteiger partial charge is 0.172 e. The van der Waals surface area contributed by atoms with Crippen molar-refractivity contribution in [1.82, 2.24) is 5.32 Å². The number of hydrogen-bond donors (Lipinski definition) is 3. The Morgan fingerprint density at radius 2 is 2.08 bits per heavy atom. The van der Waals surface area contributed by atoms with E-state index < -0.39 is 18.3 Å². The predicted octanol–water partition coefficient (Wildman–Crippen LogP) is 1.15. The van der Waals surface area contributed by atoms with Crippen LogP contribution in [0.2, 0.25) is 0 Å². The van der Waals surface area contributed by atoms with Gasteiger partial charge in [-0.2, -0.15) is 0 Å². The molecule has 4 rings (SSSR count). The highest BCUT2D eigenvalue weighted by molar-refractivity contribution is 5.76. The summed E-state index contributed by atoms with van der Waals surface area (Å²) in [5.41, 5.74) is 3.19. The summed E-state index contributed by atoms with van der Waals surface area (Å²) < 4.78 is 17.3. The average Bonchev–Trinajstić information content (AvgIpc) is 2.59. The van der Waals surface area contributed by atoms with E-state index in [4.69, 9.17) is 14.2 Å². The fourth-order valence-corrected chi connectivity index (χ4v) is 4.09. The van der Waals surface area contributed by atoms with E-state index in [0.717, 1.165) is 24.1 Å². The van der Waals surface area contributed by atoms with E-state index in [1.54, 1.807) is 14.2 Å². The molecule has 3 aliphatic rings. The zero-order valence-corrected chi connectivity index (χ0v) is 13.9. The van der Waals surface area contributed by atoms with Crippen LogP contribution in [0.4, 0.5) is 0 Å². The Morgan fingerprint density at radius 1 is 1.25 bits per heavy atom. The van der Waals surface area contributed by atoms with Crippen LogP contribution < -0.4 is 14.8 Å². The second kappa shape index (κ2) is 5.95. The van der Waals surface area contributed by atoms with E-state index in [9.17, 15) is 10.2 Å². The fraction of sp³-hybridized carbons (Fsp3) is 0.556. The van der Waals surface area contributed by atoms with E-state index >= 15 is 0 Å². The number of benzene rings is 1. The number of nitrogens with one attached hydrogen (secondary N) is 1. The molecule has 6 heteroatoms. The van der Waals surface area contributed by atoms with Crippen LogP contribution in [0.5, 0.6) is 11.5 Å². The number of aliphatic hydroxyl groups excluding tert-OH is 2. The van der Waals surface area contributed by atoms with Gasteiger partial charge in [-0.25, -0.2) is 0 Å². The molecule has 6 nitrogen and oxygen atoms in total. The van der Waals surface area contributed by atoms with Gasteiger partial charge in [-0.15, -0.1) is 0 Å². The van der Waals surface area contributed by atoms with Gasteiger partial charge in [0.1, 0.15) is 11.9 Å². The highest BCUT2D eigenvalue weighted by Gasteiger charge is 2.44. The molecule has 1 aromatic rings. The molecule has 0 amide bonds. The minimum Gasteiger partial charge on any atom is -0.493 e. The minimum atomic E-state index is -0.728. The number of aliphatic hydroxyl groups is 2. The van der Waals surface area contributed by atoms with E-state index in [0.29, 0.717) is 30.1 Å².